The molecular weight excluding hydrogens is 254 g/mol. The van der Waals surface area contributed by atoms with E-state index in [1.807, 2.05) is 36.5 Å². The van der Waals surface area contributed by atoms with Gasteiger partial charge in [0.05, 0.1) is 0 Å². The maximum absolute atomic E-state index is 11.9. The number of likely N-dealkylation sites (tertiary alicyclic amines) is 1. The molecule has 0 bridgehead atoms. The second-order valence-electron chi connectivity index (χ2n) is 5.22. The molecule has 1 atom stereocenters. The molecule has 1 unspecified atom stereocenters. The van der Waals surface area contributed by atoms with Crippen LogP contribution in [0.15, 0.2) is 30.3 Å². The zero-order valence-corrected chi connectivity index (χ0v) is 11.3. The minimum Gasteiger partial charge on any atom is -0.444 e. The van der Waals surface area contributed by atoms with Crippen molar-refractivity contribution in [3.8, 4) is 6.19 Å². The lowest BCUT2D eigenvalue weighted by molar-refractivity contribution is -0.00746. The van der Waals surface area contributed by atoms with Crippen LogP contribution in [0.5, 0.6) is 0 Å². The molecular formula is C15H17N3O2. The lowest BCUT2D eigenvalue weighted by Gasteiger charge is -2.43. The first-order valence-corrected chi connectivity index (χ1v) is 6.96. The molecule has 2 fully saturated rings. The van der Waals surface area contributed by atoms with Gasteiger partial charge in [-0.1, -0.05) is 36.8 Å². The van der Waals surface area contributed by atoms with Crippen LogP contribution in [-0.4, -0.2) is 35.6 Å². The number of carbonyl (C=O) groups is 1. The molecule has 5 heteroatoms. The first-order chi connectivity index (χ1) is 9.79. The quantitative estimate of drug-likeness (QED) is 0.774. The van der Waals surface area contributed by atoms with Crippen molar-refractivity contribution >= 4 is 6.09 Å². The molecule has 2 aliphatic rings. The molecule has 0 N–H and O–H groups in total. The maximum atomic E-state index is 11.9. The highest BCUT2D eigenvalue weighted by Crippen LogP contribution is 2.39. The summed E-state index contributed by atoms with van der Waals surface area (Å²) < 4.78 is 5.20. The van der Waals surface area contributed by atoms with Gasteiger partial charge < -0.3 is 4.74 Å². The number of nitrogens with zero attached hydrogens (tertiary/aromatic N) is 3. The number of benzene rings is 1. The topological polar surface area (TPSA) is 56.6 Å². The first kappa shape index (κ1) is 12.9. The number of hydrogen-bond acceptors (Lipinski definition) is 4. The number of carbonyl (C=O) groups excluding carboxylic acids is 1. The van der Waals surface area contributed by atoms with E-state index in [2.05, 4.69) is 4.90 Å². The van der Waals surface area contributed by atoms with E-state index >= 15 is 0 Å². The second kappa shape index (κ2) is 5.14. The van der Waals surface area contributed by atoms with Crippen LogP contribution in [0.1, 0.15) is 24.8 Å². The molecule has 0 saturated carbocycles. The van der Waals surface area contributed by atoms with E-state index in [-0.39, 0.29) is 6.61 Å². The molecule has 0 radical (unpaired) electrons. The monoisotopic (exact) mass is 271 g/mol. The fraction of sp³-hybridized carbons (Fsp3) is 0.467. The average molecular weight is 271 g/mol. The van der Waals surface area contributed by atoms with Gasteiger partial charge in [0.1, 0.15) is 6.61 Å². The summed E-state index contributed by atoms with van der Waals surface area (Å²) in [6.07, 6.45) is 4.83. The highest BCUT2D eigenvalue weighted by atomic mass is 16.6. The molecule has 20 heavy (non-hydrogen) atoms. The van der Waals surface area contributed by atoms with Crippen molar-refractivity contribution in [1.29, 1.82) is 5.26 Å². The van der Waals surface area contributed by atoms with Gasteiger partial charge in [-0.15, -0.1) is 0 Å². The summed E-state index contributed by atoms with van der Waals surface area (Å²) >= 11 is 0. The van der Waals surface area contributed by atoms with E-state index in [0.29, 0.717) is 0 Å². The van der Waals surface area contributed by atoms with Crippen molar-refractivity contribution in [1.82, 2.24) is 9.80 Å². The van der Waals surface area contributed by atoms with Gasteiger partial charge in [0.2, 0.25) is 0 Å². The number of rotatable bonds is 2. The number of amides is 1. The Balaban J connectivity index is 2.08. The molecule has 2 saturated heterocycles. The number of cyclic esters (lactones) is 1. The molecule has 2 aliphatic heterocycles. The number of nitriles is 1. The Morgan fingerprint density at radius 2 is 1.85 bits per heavy atom. The SMILES string of the molecule is N#CN1C(=O)OCC1(c1ccccc1)N1CCCCC1. The van der Waals surface area contributed by atoms with Crippen LogP contribution in [0.25, 0.3) is 0 Å². The molecule has 3 rings (SSSR count). The lowest BCUT2D eigenvalue weighted by atomic mass is 9.94. The standard InChI is InChI=1S/C15H17N3O2/c16-12-18-14(19)20-11-15(18,13-7-3-1-4-8-13)17-9-5-2-6-10-17/h1,3-4,7-8H,2,5-6,9-11H2. The average Bonchev–Trinajstić information content (AvgIpc) is 2.86. The predicted octanol–water partition coefficient (Wildman–Crippen LogP) is 2.26. The molecule has 1 aromatic carbocycles. The number of piperidine rings is 1. The van der Waals surface area contributed by atoms with E-state index in [9.17, 15) is 10.1 Å². The molecule has 1 amide bonds. The van der Waals surface area contributed by atoms with Crippen molar-refractivity contribution < 1.29 is 9.53 Å². The minimum atomic E-state index is -0.770. The molecule has 0 aliphatic carbocycles. The predicted molar refractivity (Wildman–Crippen MR) is 72.3 cm³/mol. The fourth-order valence-electron chi connectivity index (χ4n) is 3.16. The highest BCUT2D eigenvalue weighted by Gasteiger charge is 2.53. The van der Waals surface area contributed by atoms with E-state index in [1.165, 1.54) is 11.3 Å². The summed E-state index contributed by atoms with van der Waals surface area (Å²) in [7, 11) is 0. The largest absolute Gasteiger partial charge is 0.444 e. The van der Waals surface area contributed by atoms with Crippen LogP contribution in [0, 0.1) is 11.5 Å². The van der Waals surface area contributed by atoms with Gasteiger partial charge in [-0.05, 0) is 18.4 Å². The molecule has 1 aromatic rings. The van der Waals surface area contributed by atoms with Crippen LogP contribution in [0.2, 0.25) is 0 Å². The van der Waals surface area contributed by atoms with Crippen molar-refractivity contribution in [3.05, 3.63) is 35.9 Å². The van der Waals surface area contributed by atoms with Gasteiger partial charge in [0, 0.05) is 13.1 Å². The Morgan fingerprint density at radius 1 is 1.15 bits per heavy atom. The fourth-order valence-corrected chi connectivity index (χ4v) is 3.16. The summed E-state index contributed by atoms with van der Waals surface area (Å²) in [4.78, 5) is 15.3. The van der Waals surface area contributed by atoms with E-state index in [0.717, 1.165) is 31.5 Å². The van der Waals surface area contributed by atoms with Gasteiger partial charge in [0.15, 0.2) is 11.9 Å². The number of hydrogen-bond donors (Lipinski definition) is 0. The van der Waals surface area contributed by atoms with Crippen molar-refractivity contribution in [2.24, 2.45) is 0 Å². The minimum absolute atomic E-state index is 0.212. The molecule has 0 spiro atoms. The summed E-state index contributed by atoms with van der Waals surface area (Å²) in [5.74, 6) is 0. The summed E-state index contributed by atoms with van der Waals surface area (Å²) in [5.41, 5.74) is 0.169. The number of ether oxygens (including phenoxy) is 1. The van der Waals surface area contributed by atoms with Gasteiger partial charge in [-0.3, -0.25) is 4.90 Å². The van der Waals surface area contributed by atoms with Crippen molar-refractivity contribution in [2.45, 2.75) is 24.9 Å². The Labute approximate surface area is 118 Å². The summed E-state index contributed by atoms with van der Waals surface area (Å²) in [6.45, 7) is 1.97. The van der Waals surface area contributed by atoms with Gasteiger partial charge in [-0.2, -0.15) is 10.2 Å². The Hall–Kier alpha value is -2.06. The second-order valence-corrected chi connectivity index (χ2v) is 5.22. The van der Waals surface area contributed by atoms with Crippen molar-refractivity contribution in [2.75, 3.05) is 19.7 Å². The Kier molecular flexibility index (Phi) is 3.33. The smallest absolute Gasteiger partial charge is 0.425 e. The van der Waals surface area contributed by atoms with Crippen LogP contribution < -0.4 is 0 Å². The van der Waals surface area contributed by atoms with E-state index < -0.39 is 11.8 Å². The van der Waals surface area contributed by atoms with Gasteiger partial charge >= 0.3 is 6.09 Å². The highest BCUT2D eigenvalue weighted by molar-refractivity contribution is 5.73. The maximum Gasteiger partial charge on any atom is 0.425 e. The van der Waals surface area contributed by atoms with Crippen LogP contribution in [-0.2, 0) is 10.4 Å². The molecule has 0 aromatic heterocycles. The van der Waals surface area contributed by atoms with E-state index in [1.54, 1.807) is 0 Å². The third-order valence-electron chi connectivity index (χ3n) is 4.16. The van der Waals surface area contributed by atoms with Crippen LogP contribution in [0.4, 0.5) is 4.79 Å². The zero-order chi connectivity index (χ0) is 14.0. The molecule has 5 nitrogen and oxygen atoms in total. The first-order valence-electron chi connectivity index (χ1n) is 6.96. The molecule has 2 heterocycles. The van der Waals surface area contributed by atoms with Crippen LogP contribution >= 0.6 is 0 Å². The Morgan fingerprint density at radius 3 is 2.50 bits per heavy atom. The third kappa shape index (κ3) is 1.84. The summed E-state index contributed by atoms with van der Waals surface area (Å²) in [5, 5.41) is 9.41. The van der Waals surface area contributed by atoms with Gasteiger partial charge in [0.25, 0.3) is 0 Å². The third-order valence-corrected chi connectivity index (χ3v) is 4.16. The summed E-state index contributed by atoms with van der Waals surface area (Å²) in [6, 6.07) is 9.71. The lowest BCUT2D eigenvalue weighted by Crippen LogP contribution is -2.57. The normalized spacial score (nSPS) is 27.1. The van der Waals surface area contributed by atoms with Crippen molar-refractivity contribution in [3.63, 3.8) is 0 Å². The molecule has 104 valence electrons. The Bertz CT molecular complexity index is 534. The van der Waals surface area contributed by atoms with Gasteiger partial charge in [-0.25, -0.2) is 4.79 Å². The van der Waals surface area contributed by atoms with Crippen LogP contribution in [0.3, 0.4) is 0 Å². The zero-order valence-electron chi connectivity index (χ0n) is 11.3. The van der Waals surface area contributed by atoms with E-state index in [4.69, 9.17) is 4.74 Å².